The summed E-state index contributed by atoms with van der Waals surface area (Å²) in [6, 6.07) is 48.5. The van der Waals surface area contributed by atoms with Gasteiger partial charge in [0.15, 0.2) is 5.60 Å². The summed E-state index contributed by atoms with van der Waals surface area (Å²) in [6.45, 7) is 4.30. The van der Waals surface area contributed by atoms with Crippen LogP contribution in [0.25, 0.3) is 0 Å². The number of benzene rings is 5. The minimum atomic E-state index is -1.13. The minimum absolute atomic E-state index is 0.106. The van der Waals surface area contributed by atoms with Crippen molar-refractivity contribution in [3.63, 3.8) is 0 Å². The Morgan fingerprint density at radius 3 is 1.40 bits per heavy atom. The van der Waals surface area contributed by atoms with Gasteiger partial charge in [0.2, 0.25) is 6.10 Å². The second-order valence-corrected chi connectivity index (χ2v) is 11.3. The van der Waals surface area contributed by atoms with E-state index in [1.807, 2.05) is 84.9 Å². The summed E-state index contributed by atoms with van der Waals surface area (Å²) in [5.74, 6) is 1.35. The summed E-state index contributed by atoms with van der Waals surface area (Å²) in [6.07, 6.45) is -0.729. The van der Waals surface area contributed by atoms with E-state index >= 15 is 0 Å². The average molecular weight is 597 g/mol. The van der Waals surface area contributed by atoms with Gasteiger partial charge in [-0.2, -0.15) is 0 Å². The first-order valence-electron chi connectivity index (χ1n) is 15.1. The fourth-order valence-electron chi connectivity index (χ4n) is 6.32. The Kier molecular flexibility index (Phi) is 8.97. The smallest absolute Gasteiger partial charge is 0.497 e. The van der Waals surface area contributed by atoms with Gasteiger partial charge in [0.25, 0.3) is 0 Å². The number of methoxy groups -OCH3 is 1. The van der Waals surface area contributed by atoms with Gasteiger partial charge in [0, 0.05) is 24.7 Å². The predicted molar refractivity (Wildman–Crippen MR) is 176 cm³/mol. The van der Waals surface area contributed by atoms with Crippen LogP contribution < -0.4 is 9.47 Å². The lowest BCUT2D eigenvalue weighted by Gasteiger charge is -2.37. The lowest BCUT2D eigenvalue weighted by atomic mass is 9.72. The third kappa shape index (κ3) is 6.78. The largest absolute Gasteiger partial charge is 0.509 e. The van der Waals surface area contributed by atoms with Crippen LogP contribution in [0.4, 0.5) is 4.79 Å². The van der Waals surface area contributed by atoms with Crippen LogP contribution in [0.3, 0.4) is 0 Å². The average Bonchev–Trinajstić information content (AvgIpc) is 3.43. The molecule has 45 heavy (non-hydrogen) atoms. The molecule has 1 aliphatic heterocycles. The predicted octanol–water partition coefficient (Wildman–Crippen LogP) is 9.31. The Labute approximate surface area is 264 Å². The number of carbonyl (C=O) groups is 1. The molecule has 0 spiro atoms. The van der Waals surface area contributed by atoms with Crippen molar-refractivity contribution in [1.29, 1.82) is 0 Å². The summed E-state index contributed by atoms with van der Waals surface area (Å²) in [4.78, 5) is 13.3. The van der Waals surface area contributed by atoms with Crippen LogP contribution in [-0.4, -0.2) is 25.0 Å². The lowest BCUT2D eigenvalue weighted by Crippen LogP contribution is -2.45. The first-order valence-corrected chi connectivity index (χ1v) is 15.1. The monoisotopic (exact) mass is 596 g/mol. The van der Waals surface area contributed by atoms with Crippen molar-refractivity contribution in [1.82, 2.24) is 0 Å². The Balaban J connectivity index is 1.46. The van der Waals surface area contributed by atoms with Gasteiger partial charge in [0.05, 0.1) is 7.11 Å². The van der Waals surface area contributed by atoms with Crippen LogP contribution in [-0.2, 0) is 9.47 Å². The number of hydrogen-bond acceptors (Lipinski definition) is 5. The van der Waals surface area contributed by atoms with E-state index in [1.54, 1.807) is 19.2 Å². The molecule has 0 saturated carbocycles. The number of carbonyl (C=O) groups excluding carboxylic acids is 1. The Morgan fingerprint density at radius 1 is 0.644 bits per heavy atom. The van der Waals surface area contributed by atoms with Crippen LogP contribution in [0.2, 0.25) is 0 Å². The van der Waals surface area contributed by atoms with E-state index < -0.39 is 17.9 Å². The fourth-order valence-corrected chi connectivity index (χ4v) is 6.32. The minimum Gasteiger partial charge on any atom is -0.497 e. The molecule has 6 rings (SSSR count). The summed E-state index contributed by atoms with van der Waals surface area (Å²) in [5, 5.41) is 0. The molecular weight excluding hydrogens is 560 g/mol. The van der Waals surface area contributed by atoms with Crippen molar-refractivity contribution in [2.75, 3.05) is 7.11 Å². The second-order valence-electron chi connectivity index (χ2n) is 11.3. The maximum Gasteiger partial charge on any atom is 0.509 e. The topological polar surface area (TPSA) is 54.0 Å². The molecule has 5 aromatic rings. The maximum absolute atomic E-state index is 13.3. The molecule has 5 aromatic carbocycles. The number of ether oxygens (including phenoxy) is 4. The van der Waals surface area contributed by atoms with E-state index in [-0.39, 0.29) is 11.8 Å². The zero-order valence-corrected chi connectivity index (χ0v) is 25.3. The molecule has 0 amide bonds. The molecule has 226 valence electrons. The molecule has 1 aliphatic rings. The van der Waals surface area contributed by atoms with Crippen LogP contribution in [0, 0.1) is 0 Å². The van der Waals surface area contributed by atoms with Crippen molar-refractivity contribution in [2.45, 2.75) is 36.4 Å². The van der Waals surface area contributed by atoms with Gasteiger partial charge in [-0.05, 0) is 46.5 Å². The standard InChI is InChI=1S/C40H36O5/c1-29(43-35-25-23-34(42-2)24-26-35)38-40(45-39(41)44-38,27-36(30-15-7-3-8-16-30)31-17-9-4-10-18-31)28-37(32-19-11-5-12-20-32)33-21-13-6-14-22-33/h3-26,36-38H,1,27-28H2,2H3. The van der Waals surface area contributed by atoms with Crippen molar-refractivity contribution in [2.24, 2.45) is 0 Å². The van der Waals surface area contributed by atoms with Crippen LogP contribution in [0.5, 0.6) is 11.5 Å². The number of cyclic esters (lactones) is 2. The van der Waals surface area contributed by atoms with Crippen LogP contribution >= 0.6 is 0 Å². The summed E-state index contributed by atoms with van der Waals surface area (Å²) in [7, 11) is 1.62. The molecule has 0 N–H and O–H groups in total. The van der Waals surface area contributed by atoms with Crippen molar-refractivity contribution in [3.8, 4) is 11.5 Å². The van der Waals surface area contributed by atoms with Gasteiger partial charge in [-0.1, -0.05) is 128 Å². The maximum atomic E-state index is 13.3. The quantitative estimate of drug-likeness (QED) is 0.106. The zero-order valence-electron chi connectivity index (χ0n) is 25.3. The molecule has 5 heteroatoms. The molecular formula is C40H36O5. The summed E-state index contributed by atoms with van der Waals surface area (Å²) >= 11 is 0. The fraction of sp³-hybridized carbons (Fsp3) is 0.175. The van der Waals surface area contributed by atoms with Crippen LogP contribution in [0.15, 0.2) is 158 Å². The van der Waals surface area contributed by atoms with Gasteiger partial charge in [-0.25, -0.2) is 4.79 Å². The van der Waals surface area contributed by atoms with E-state index in [1.165, 1.54) is 0 Å². The van der Waals surface area contributed by atoms with Gasteiger partial charge in [-0.15, -0.1) is 0 Å². The first-order chi connectivity index (χ1) is 22.0. The molecule has 0 aliphatic carbocycles. The van der Waals surface area contributed by atoms with Crippen molar-refractivity contribution >= 4 is 6.16 Å². The summed E-state index contributed by atoms with van der Waals surface area (Å²) in [5.41, 5.74) is 3.32. The molecule has 1 unspecified atom stereocenters. The normalized spacial score (nSPS) is 15.4. The zero-order chi connectivity index (χ0) is 31.1. The molecule has 5 nitrogen and oxygen atoms in total. The Bertz CT molecular complexity index is 1520. The molecule has 1 fully saturated rings. The number of hydrogen-bond donors (Lipinski definition) is 0. The third-order valence-corrected chi connectivity index (χ3v) is 8.49. The van der Waals surface area contributed by atoms with Crippen molar-refractivity contribution in [3.05, 3.63) is 180 Å². The van der Waals surface area contributed by atoms with Gasteiger partial charge in [0.1, 0.15) is 17.3 Å². The first kappa shape index (κ1) is 29.8. The SMILES string of the molecule is C=C(Oc1ccc(OC)cc1)C1OC(=O)OC1(CC(c1ccccc1)c1ccccc1)CC(c1ccccc1)c1ccccc1. The lowest BCUT2D eigenvalue weighted by molar-refractivity contribution is 0.00701. The molecule has 1 atom stereocenters. The molecule has 1 saturated heterocycles. The highest BCUT2D eigenvalue weighted by Gasteiger charge is 2.56. The molecule has 0 aromatic heterocycles. The third-order valence-electron chi connectivity index (χ3n) is 8.49. The van der Waals surface area contributed by atoms with Gasteiger partial charge in [-0.3, -0.25) is 0 Å². The highest BCUT2D eigenvalue weighted by atomic mass is 16.8. The van der Waals surface area contributed by atoms with E-state index in [2.05, 4.69) is 55.1 Å². The highest BCUT2D eigenvalue weighted by molar-refractivity contribution is 5.65. The summed E-state index contributed by atoms with van der Waals surface area (Å²) < 4.78 is 24.0. The van der Waals surface area contributed by atoms with Gasteiger partial charge >= 0.3 is 6.16 Å². The molecule has 0 radical (unpaired) electrons. The van der Waals surface area contributed by atoms with E-state index in [0.29, 0.717) is 30.1 Å². The molecule has 1 heterocycles. The van der Waals surface area contributed by atoms with E-state index in [0.717, 1.165) is 22.3 Å². The molecule has 0 bridgehead atoms. The Morgan fingerprint density at radius 2 is 1.02 bits per heavy atom. The highest BCUT2D eigenvalue weighted by Crippen LogP contribution is 2.48. The number of rotatable bonds is 12. The van der Waals surface area contributed by atoms with Crippen LogP contribution in [0.1, 0.15) is 46.9 Å². The van der Waals surface area contributed by atoms with E-state index in [4.69, 9.17) is 18.9 Å². The van der Waals surface area contributed by atoms with Gasteiger partial charge < -0.3 is 18.9 Å². The second kappa shape index (κ2) is 13.6. The van der Waals surface area contributed by atoms with Crippen molar-refractivity contribution < 1.29 is 23.7 Å². The Hall–Kier alpha value is -5.29. The van der Waals surface area contributed by atoms with E-state index in [9.17, 15) is 4.79 Å².